The van der Waals surface area contributed by atoms with Crippen molar-refractivity contribution >= 4 is 72.1 Å². The third-order valence-electron chi connectivity index (χ3n) is 9.13. The standard InChI is InChI=1S/C44H37N9O7S/c1-27-21-32(15-19-36(27)47-45-31-16-20-37(28(2)22-31)48-49-38-11-7-8-12-43(38)61(56,57)58)46-51-40-25-42(59-3)41(24-30(40)26-54)52-50-39-18-13-29-23-33(14-17-35(29)44(39)55)53-60-34-9-5-4-6-10-34/h4-25,53-55H,26H2,1-3H3,(H,56,57,58). The zero-order valence-corrected chi connectivity index (χ0v) is 33.7. The summed E-state index contributed by atoms with van der Waals surface area (Å²) in [4.78, 5) is 5.27. The molecule has 0 saturated heterocycles. The van der Waals surface area contributed by atoms with Crippen molar-refractivity contribution in [2.24, 2.45) is 40.9 Å². The van der Waals surface area contributed by atoms with Gasteiger partial charge in [-0.3, -0.25) is 4.55 Å². The van der Waals surface area contributed by atoms with E-state index in [9.17, 15) is 23.2 Å². The van der Waals surface area contributed by atoms with Crippen LogP contribution in [0.25, 0.3) is 10.8 Å². The maximum Gasteiger partial charge on any atom is 0.296 e. The number of phenolic OH excluding ortho intramolecular Hbond substituents is 1. The number of phenols is 1. The van der Waals surface area contributed by atoms with Gasteiger partial charge in [0.15, 0.2) is 11.5 Å². The summed E-state index contributed by atoms with van der Waals surface area (Å²) >= 11 is 0. The number of rotatable bonds is 14. The molecule has 0 saturated carbocycles. The van der Waals surface area contributed by atoms with Crippen LogP contribution < -0.4 is 15.1 Å². The zero-order valence-electron chi connectivity index (χ0n) is 32.9. The van der Waals surface area contributed by atoms with Crippen LogP contribution in [-0.4, -0.2) is 30.3 Å². The molecule has 17 heteroatoms. The zero-order chi connectivity index (χ0) is 42.9. The number of aromatic hydroxyl groups is 1. The number of hydrogen-bond donors (Lipinski definition) is 4. The van der Waals surface area contributed by atoms with Gasteiger partial charge in [0.25, 0.3) is 10.1 Å². The highest BCUT2D eigenvalue weighted by atomic mass is 32.2. The number of ether oxygens (including phenoxy) is 1. The topological polar surface area (TPSA) is 224 Å². The van der Waals surface area contributed by atoms with Crippen LogP contribution in [0.5, 0.6) is 17.2 Å². The highest BCUT2D eigenvalue weighted by Gasteiger charge is 2.15. The van der Waals surface area contributed by atoms with E-state index in [-0.39, 0.29) is 28.6 Å². The molecule has 0 aliphatic heterocycles. The Hall–Kier alpha value is -7.73. The fourth-order valence-electron chi connectivity index (χ4n) is 5.94. The number of azo groups is 4. The summed E-state index contributed by atoms with van der Waals surface area (Å²) in [6, 6.07) is 37.5. The van der Waals surface area contributed by atoms with Crippen LogP contribution in [0.4, 0.5) is 51.2 Å². The normalized spacial score (nSPS) is 12.0. The Kier molecular flexibility index (Phi) is 12.5. The predicted octanol–water partition coefficient (Wildman–Crippen LogP) is 13.0. The van der Waals surface area contributed by atoms with Crippen molar-refractivity contribution in [1.82, 2.24) is 0 Å². The smallest absolute Gasteiger partial charge is 0.296 e. The van der Waals surface area contributed by atoms with Crippen LogP contribution in [0.3, 0.4) is 0 Å². The van der Waals surface area contributed by atoms with Gasteiger partial charge >= 0.3 is 0 Å². The number of aliphatic hydroxyl groups is 1. The lowest BCUT2D eigenvalue weighted by molar-refractivity contribution is 0.282. The van der Waals surface area contributed by atoms with Crippen LogP contribution in [0, 0.1) is 13.8 Å². The van der Waals surface area contributed by atoms with E-state index in [1.54, 1.807) is 79.7 Å². The maximum absolute atomic E-state index is 11.7. The van der Waals surface area contributed by atoms with Gasteiger partial charge in [-0.05, 0) is 121 Å². The molecule has 0 unspecified atom stereocenters. The molecule has 0 atom stereocenters. The first-order valence-corrected chi connectivity index (χ1v) is 19.9. The van der Waals surface area contributed by atoms with Crippen LogP contribution in [0.1, 0.15) is 16.7 Å². The van der Waals surface area contributed by atoms with Crippen LogP contribution in [0.2, 0.25) is 0 Å². The number of para-hydroxylation sites is 1. The first kappa shape index (κ1) is 41.4. The fraction of sp³-hybridized carbons (Fsp3) is 0.0909. The first-order chi connectivity index (χ1) is 29.5. The summed E-state index contributed by atoms with van der Waals surface area (Å²) in [7, 11) is -2.99. The van der Waals surface area contributed by atoms with E-state index in [2.05, 4.69) is 46.4 Å². The summed E-state index contributed by atoms with van der Waals surface area (Å²) in [5.41, 5.74) is 8.60. The summed E-state index contributed by atoms with van der Waals surface area (Å²) in [5.74, 6) is 0.929. The van der Waals surface area contributed by atoms with Gasteiger partial charge in [-0.25, -0.2) is 5.48 Å². The predicted molar refractivity (Wildman–Crippen MR) is 231 cm³/mol. The minimum Gasteiger partial charge on any atom is -0.505 e. The average molecular weight is 836 g/mol. The molecule has 7 aromatic carbocycles. The third-order valence-corrected chi connectivity index (χ3v) is 10.0. The van der Waals surface area contributed by atoms with Crippen LogP contribution in [0.15, 0.2) is 179 Å². The van der Waals surface area contributed by atoms with E-state index >= 15 is 0 Å². The summed E-state index contributed by atoms with van der Waals surface area (Å²) < 4.78 is 38.4. The molecular weight excluding hydrogens is 799 g/mol. The first-order valence-electron chi connectivity index (χ1n) is 18.5. The molecule has 0 spiro atoms. The van der Waals surface area contributed by atoms with Gasteiger partial charge < -0.3 is 19.8 Å². The maximum atomic E-state index is 11.7. The average Bonchev–Trinajstić information content (AvgIpc) is 3.26. The molecule has 4 N–H and O–H groups in total. The quantitative estimate of drug-likeness (QED) is 0.0467. The van der Waals surface area contributed by atoms with E-state index in [1.807, 2.05) is 49.4 Å². The SMILES string of the molecule is COc1cc(N=Nc2ccc(N=Nc3ccc(N=Nc4ccccc4S(=O)(=O)O)c(C)c3)c(C)c2)c(CO)cc1N=Nc1ccc2cc(NOc3ccccc3)ccc2c1O. The number of fused-ring (bicyclic) bond motifs is 1. The molecule has 16 nitrogen and oxygen atoms in total. The van der Waals surface area contributed by atoms with Crippen molar-refractivity contribution in [3.8, 4) is 17.2 Å². The van der Waals surface area contributed by atoms with E-state index in [0.29, 0.717) is 62.3 Å². The number of aliphatic hydroxyl groups excluding tert-OH is 1. The Morgan fingerprint density at radius 2 is 1.18 bits per heavy atom. The van der Waals surface area contributed by atoms with E-state index in [4.69, 9.17) is 9.57 Å². The lowest BCUT2D eigenvalue weighted by Gasteiger charge is -2.10. The Morgan fingerprint density at radius 1 is 0.590 bits per heavy atom. The molecule has 0 heterocycles. The minimum atomic E-state index is -4.46. The number of nitrogens with one attached hydrogen (secondary N) is 1. The van der Waals surface area contributed by atoms with Crippen LogP contribution >= 0.6 is 0 Å². The fourth-order valence-corrected chi connectivity index (χ4v) is 6.56. The molecule has 0 radical (unpaired) electrons. The Balaban J connectivity index is 1.02. The second kappa shape index (κ2) is 18.5. The molecule has 0 bridgehead atoms. The lowest BCUT2D eigenvalue weighted by atomic mass is 10.1. The largest absolute Gasteiger partial charge is 0.505 e. The van der Waals surface area contributed by atoms with Gasteiger partial charge in [0.05, 0.1) is 47.8 Å². The monoisotopic (exact) mass is 835 g/mol. The summed E-state index contributed by atoms with van der Waals surface area (Å²) in [6.45, 7) is 3.30. The Labute approximate surface area is 350 Å². The third kappa shape index (κ3) is 10.1. The number of anilines is 1. The Morgan fingerprint density at radius 3 is 1.84 bits per heavy atom. The molecule has 61 heavy (non-hydrogen) atoms. The van der Waals surface area contributed by atoms with Gasteiger partial charge in [0.1, 0.15) is 27.7 Å². The highest BCUT2D eigenvalue weighted by Crippen LogP contribution is 2.40. The number of benzene rings is 7. The van der Waals surface area contributed by atoms with Crippen molar-refractivity contribution < 1.29 is 32.8 Å². The summed E-state index contributed by atoms with van der Waals surface area (Å²) in [5, 5.41) is 56.9. The van der Waals surface area contributed by atoms with E-state index < -0.39 is 10.1 Å². The van der Waals surface area contributed by atoms with Gasteiger partial charge in [-0.15, -0.1) is 15.3 Å². The van der Waals surface area contributed by atoms with E-state index in [0.717, 1.165) is 16.5 Å². The highest BCUT2D eigenvalue weighted by molar-refractivity contribution is 7.86. The second-order valence-electron chi connectivity index (χ2n) is 13.4. The molecule has 0 aromatic heterocycles. The number of hydrogen-bond acceptors (Lipinski definition) is 15. The van der Waals surface area contributed by atoms with Crippen molar-refractivity contribution in [3.05, 3.63) is 150 Å². The molecule has 0 amide bonds. The molecule has 0 fully saturated rings. The van der Waals surface area contributed by atoms with Gasteiger partial charge in [0, 0.05) is 17.0 Å². The van der Waals surface area contributed by atoms with E-state index in [1.165, 1.54) is 25.3 Å². The van der Waals surface area contributed by atoms with Gasteiger partial charge in [-0.1, -0.05) is 36.4 Å². The number of nitrogens with zero attached hydrogens (tertiary/aromatic N) is 8. The second-order valence-corrected chi connectivity index (χ2v) is 14.8. The number of aryl methyl sites for hydroxylation is 2. The molecule has 306 valence electrons. The minimum absolute atomic E-state index is 0.0109. The van der Waals surface area contributed by atoms with Crippen molar-refractivity contribution in [2.75, 3.05) is 12.6 Å². The number of methoxy groups -OCH3 is 1. The van der Waals surface area contributed by atoms with Crippen molar-refractivity contribution in [3.63, 3.8) is 0 Å². The van der Waals surface area contributed by atoms with Gasteiger partial charge in [-0.2, -0.15) is 34.0 Å². The molecule has 7 rings (SSSR count). The lowest BCUT2D eigenvalue weighted by Crippen LogP contribution is -2.04. The van der Waals surface area contributed by atoms with Crippen molar-refractivity contribution in [1.29, 1.82) is 0 Å². The molecule has 0 aliphatic carbocycles. The van der Waals surface area contributed by atoms with Crippen LogP contribution in [-0.2, 0) is 16.7 Å². The molecule has 0 aliphatic rings. The summed E-state index contributed by atoms with van der Waals surface area (Å²) in [6.07, 6.45) is 0. The Bertz CT molecular complexity index is 2980. The van der Waals surface area contributed by atoms with Gasteiger partial charge in [0.2, 0.25) is 0 Å². The molecular formula is C44H37N9O7S. The molecule has 7 aromatic rings. The van der Waals surface area contributed by atoms with Crippen molar-refractivity contribution in [2.45, 2.75) is 25.3 Å².